The number of aliphatic carboxylic acids is 1. The Balaban J connectivity index is 1.40. The summed E-state index contributed by atoms with van der Waals surface area (Å²) in [6, 6.07) is -0.345. The summed E-state index contributed by atoms with van der Waals surface area (Å²) in [6.45, 7) is 8.94. The molecule has 194 valence electrons. The van der Waals surface area contributed by atoms with Crippen LogP contribution in [0.2, 0.25) is 0 Å². The molecule has 0 spiro atoms. The number of carboxylic acids is 1. The van der Waals surface area contributed by atoms with Gasteiger partial charge in [-0.25, -0.2) is 0 Å². The maximum absolute atomic E-state index is 12.4. The number of aliphatic hydroxyl groups excluding tert-OH is 2. The van der Waals surface area contributed by atoms with E-state index in [0.29, 0.717) is 41.9 Å². The van der Waals surface area contributed by atoms with Crippen LogP contribution in [0.15, 0.2) is 0 Å². The molecule has 0 bridgehead atoms. The number of carboxylic acid groups (broad SMARTS) is 1. The summed E-state index contributed by atoms with van der Waals surface area (Å²) in [5.74, 6) is 1.96. The van der Waals surface area contributed by atoms with Crippen LogP contribution in [0.3, 0.4) is 0 Å². The summed E-state index contributed by atoms with van der Waals surface area (Å²) < 4.78 is 0. The highest BCUT2D eigenvalue weighted by Crippen LogP contribution is 2.68. The maximum Gasteiger partial charge on any atom is 0.305 e. The predicted octanol–water partition coefficient (Wildman–Crippen LogP) is 4.37. The highest BCUT2D eigenvalue weighted by Gasteiger charge is 2.62. The summed E-state index contributed by atoms with van der Waals surface area (Å²) in [5, 5.41) is 33.4. The van der Waals surface area contributed by atoms with Crippen LogP contribution in [0.4, 0.5) is 0 Å². The Labute approximate surface area is 205 Å². The first-order chi connectivity index (χ1) is 16.0. The molecule has 0 aromatic rings. The standard InChI is InChI=1S/C28H47NO5/c1-16(5-8-24(32)29-17(2)13-25(33)34)20-6-7-21-26-22(10-12-28(20,21)4)27(3)11-9-19(30)14-18(27)15-23(26)31/h16-23,26,30-31H,5-15H2,1-4H3,(H,29,32)(H,33,34)/t16?,17?,18-,19+,20?,21?,22?,23?,26?,27-,28+/m0/s1. The van der Waals surface area contributed by atoms with Crippen molar-refractivity contribution in [3.63, 3.8) is 0 Å². The summed E-state index contributed by atoms with van der Waals surface area (Å²) in [6.07, 6.45) is 9.18. The third kappa shape index (κ3) is 4.66. The first-order valence-electron chi connectivity index (χ1n) is 13.8. The average Bonchev–Trinajstić information content (AvgIpc) is 3.10. The molecular weight excluding hydrogens is 430 g/mol. The van der Waals surface area contributed by atoms with Gasteiger partial charge < -0.3 is 20.6 Å². The van der Waals surface area contributed by atoms with E-state index in [-0.39, 0.29) is 41.4 Å². The third-order valence-corrected chi connectivity index (χ3v) is 11.1. The quantitative estimate of drug-likeness (QED) is 0.436. The number of amides is 1. The number of hydrogen-bond donors (Lipinski definition) is 4. The molecule has 4 aliphatic rings. The van der Waals surface area contributed by atoms with Crippen molar-refractivity contribution in [2.24, 2.45) is 46.3 Å². The lowest BCUT2D eigenvalue weighted by Gasteiger charge is -2.62. The van der Waals surface area contributed by atoms with Gasteiger partial charge in [-0.15, -0.1) is 0 Å². The van der Waals surface area contributed by atoms with Gasteiger partial charge in [-0.05, 0) is 111 Å². The number of nitrogens with one attached hydrogen (secondary N) is 1. The Morgan fingerprint density at radius 2 is 1.65 bits per heavy atom. The van der Waals surface area contributed by atoms with Crippen LogP contribution in [0.25, 0.3) is 0 Å². The summed E-state index contributed by atoms with van der Waals surface area (Å²) in [4.78, 5) is 23.2. The van der Waals surface area contributed by atoms with E-state index in [9.17, 15) is 19.8 Å². The lowest BCUT2D eigenvalue weighted by Crippen LogP contribution is -2.58. The van der Waals surface area contributed by atoms with E-state index < -0.39 is 5.97 Å². The van der Waals surface area contributed by atoms with Gasteiger partial charge in [0.15, 0.2) is 0 Å². The second-order valence-electron chi connectivity index (χ2n) is 13.0. The molecule has 0 aromatic carbocycles. The molecule has 11 atom stereocenters. The Hall–Kier alpha value is -1.14. The van der Waals surface area contributed by atoms with E-state index >= 15 is 0 Å². The van der Waals surface area contributed by atoms with Crippen LogP contribution in [0.1, 0.15) is 98.3 Å². The first kappa shape index (κ1) is 25.9. The van der Waals surface area contributed by atoms with Gasteiger partial charge in [0.25, 0.3) is 0 Å². The molecule has 4 fully saturated rings. The van der Waals surface area contributed by atoms with Gasteiger partial charge in [-0.2, -0.15) is 0 Å². The summed E-state index contributed by atoms with van der Waals surface area (Å²) in [5.41, 5.74) is 0.463. The zero-order chi connectivity index (χ0) is 24.8. The maximum atomic E-state index is 12.4. The average molecular weight is 478 g/mol. The van der Waals surface area contributed by atoms with Crippen LogP contribution in [-0.4, -0.2) is 45.4 Å². The molecule has 4 aliphatic carbocycles. The van der Waals surface area contributed by atoms with Crippen molar-refractivity contribution in [3.8, 4) is 0 Å². The van der Waals surface area contributed by atoms with Gasteiger partial charge in [0.05, 0.1) is 18.6 Å². The van der Waals surface area contributed by atoms with Crippen LogP contribution in [0.5, 0.6) is 0 Å². The van der Waals surface area contributed by atoms with E-state index in [1.165, 1.54) is 25.7 Å². The largest absolute Gasteiger partial charge is 0.481 e. The van der Waals surface area contributed by atoms with Crippen molar-refractivity contribution in [1.29, 1.82) is 0 Å². The first-order valence-corrected chi connectivity index (χ1v) is 13.8. The molecule has 0 aromatic heterocycles. The third-order valence-electron chi connectivity index (χ3n) is 11.1. The molecule has 0 saturated heterocycles. The SMILES string of the molecule is CC(CC(=O)O)NC(=O)CCC(C)C1CCC2C3C(O)C[C@@H]4C[C@H](O)CC[C@]4(C)C3CC[C@]12C. The van der Waals surface area contributed by atoms with Gasteiger partial charge in [-0.1, -0.05) is 20.8 Å². The molecule has 4 saturated carbocycles. The topological polar surface area (TPSA) is 107 Å². The number of aliphatic hydroxyl groups is 2. The Bertz CT molecular complexity index is 772. The number of hydrogen-bond acceptors (Lipinski definition) is 4. The molecule has 0 aliphatic heterocycles. The molecular formula is C28H47NO5. The van der Waals surface area contributed by atoms with Crippen LogP contribution in [-0.2, 0) is 9.59 Å². The molecule has 0 heterocycles. The monoisotopic (exact) mass is 477 g/mol. The van der Waals surface area contributed by atoms with Crippen LogP contribution >= 0.6 is 0 Å². The van der Waals surface area contributed by atoms with Crippen molar-refractivity contribution in [2.75, 3.05) is 0 Å². The zero-order valence-corrected chi connectivity index (χ0v) is 21.6. The summed E-state index contributed by atoms with van der Waals surface area (Å²) >= 11 is 0. The van der Waals surface area contributed by atoms with Gasteiger partial charge in [-0.3, -0.25) is 9.59 Å². The van der Waals surface area contributed by atoms with Gasteiger partial charge >= 0.3 is 5.97 Å². The molecule has 6 nitrogen and oxygen atoms in total. The van der Waals surface area contributed by atoms with E-state index in [1.807, 2.05) is 0 Å². The predicted molar refractivity (Wildman–Crippen MR) is 131 cm³/mol. The van der Waals surface area contributed by atoms with E-state index in [4.69, 9.17) is 5.11 Å². The van der Waals surface area contributed by atoms with Crippen molar-refractivity contribution in [1.82, 2.24) is 5.32 Å². The minimum absolute atomic E-state index is 0.0483. The second-order valence-corrected chi connectivity index (χ2v) is 13.0. The Morgan fingerprint density at radius 3 is 2.35 bits per heavy atom. The zero-order valence-electron chi connectivity index (χ0n) is 21.6. The van der Waals surface area contributed by atoms with E-state index in [2.05, 4.69) is 26.1 Å². The summed E-state index contributed by atoms with van der Waals surface area (Å²) in [7, 11) is 0. The lowest BCUT2D eigenvalue weighted by atomic mass is 9.43. The van der Waals surface area contributed by atoms with Gasteiger partial charge in [0.2, 0.25) is 5.91 Å². The molecule has 4 N–H and O–H groups in total. The highest BCUT2D eigenvalue weighted by molar-refractivity contribution is 5.77. The number of carbonyl (C=O) groups is 2. The number of carbonyl (C=O) groups excluding carboxylic acids is 1. The minimum Gasteiger partial charge on any atom is -0.481 e. The molecule has 0 radical (unpaired) electrons. The van der Waals surface area contributed by atoms with E-state index in [1.54, 1.807) is 6.92 Å². The number of fused-ring (bicyclic) bond motifs is 5. The lowest BCUT2D eigenvalue weighted by molar-refractivity contribution is -0.174. The molecule has 4 rings (SSSR count). The minimum atomic E-state index is -0.892. The Morgan fingerprint density at radius 1 is 0.971 bits per heavy atom. The fraction of sp³-hybridized carbons (Fsp3) is 0.929. The van der Waals surface area contributed by atoms with Crippen LogP contribution in [0, 0.1) is 46.3 Å². The van der Waals surface area contributed by atoms with Crippen molar-refractivity contribution < 1.29 is 24.9 Å². The van der Waals surface area contributed by atoms with Crippen molar-refractivity contribution in [3.05, 3.63) is 0 Å². The smallest absolute Gasteiger partial charge is 0.305 e. The molecule has 7 unspecified atom stereocenters. The normalized spacial score (nSPS) is 45.4. The molecule has 34 heavy (non-hydrogen) atoms. The van der Waals surface area contributed by atoms with Crippen molar-refractivity contribution >= 4 is 11.9 Å². The van der Waals surface area contributed by atoms with E-state index in [0.717, 1.165) is 32.1 Å². The fourth-order valence-corrected chi connectivity index (χ4v) is 9.40. The second kappa shape index (κ2) is 9.72. The van der Waals surface area contributed by atoms with Gasteiger partial charge in [0, 0.05) is 12.5 Å². The fourth-order valence-electron chi connectivity index (χ4n) is 9.40. The molecule has 1 amide bonds. The Kier molecular flexibility index (Phi) is 7.42. The highest BCUT2D eigenvalue weighted by atomic mass is 16.4. The number of rotatable bonds is 7. The van der Waals surface area contributed by atoms with Gasteiger partial charge in [0.1, 0.15) is 0 Å². The van der Waals surface area contributed by atoms with Crippen LogP contribution < -0.4 is 5.32 Å². The molecule has 6 heteroatoms. The van der Waals surface area contributed by atoms with Crippen molar-refractivity contribution in [2.45, 2.75) is 117 Å².